The predicted octanol–water partition coefficient (Wildman–Crippen LogP) is 3.89. The second kappa shape index (κ2) is 11.7. The van der Waals surface area contributed by atoms with Gasteiger partial charge in [-0.15, -0.1) is 0 Å². The molecule has 2 rings (SSSR count). The molecule has 3 amide bonds. The number of likely N-dealkylation sites (tertiary alicyclic amines) is 1. The zero-order chi connectivity index (χ0) is 29.9. The number of hydrazine groups is 1. The highest BCUT2D eigenvalue weighted by atomic mass is 16.6. The van der Waals surface area contributed by atoms with E-state index < -0.39 is 46.4 Å². The molecule has 1 saturated heterocycles. The highest BCUT2D eigenvalue weighted by Crippen LogP contribution is 2.25. The van der Waals surface area contributed by atoms with Crippen molar-refractivity contribution in [3.8, 4) is 0 Å². The molecule has 1 N–H and O–H groups in total. The van der Waals surface area contributed by atoms with Crippen LogP contribution in [0.4, 0.5) is 9.59 Å². The minimum Gasteiger partial charge on any atom is -0.456 e. The number of hydrogen-bond acceptors (Lipinski definition) is 8. The van der Waals surface area contributed by atoms with Crippen LogP contribution in [0.15, 0.2) is 17.1 Å². The van der Waals surface area contributed by atoms with Gasteiger partial charge in [-0.25, -0.2) is 19.8 Å². The second-order valence-electron chi connectivity index (χ2n) is 12.5. The monoisotopic (exact) mass is 550 g/mol. The number of rotatable bonds is 3. The minimum absolute atomic E-state index is 0.123. The van der Waals surface area contributed by atoms with E-state index >= 15 is 0 Å². The molecule has 0 unspecified atom stereocenters. The topological polar surface area (TPSA) is 136 Å². The summed E-state index contributed by atoms with van der Waals surface area (Å²) in [5, 5.41) is 0.848. The van der Waals surface area contributed by atoms with Crippen LogP contribution < -0.4 is 11.0 Å². The van der Waals surface area contributed by atoms with Gasteiger partial charge in [0.1, 0.15) is 16.8 Å². The highest BCUT2D eigenvalue weighted by Gasteiger charge is 2.31. The Labute approximate surface area is 229 Å². The van der Waals surface area contributed by atoms with Crippen molar-refractivity contribution in [2.45, 2.75) is 98.0 Å². The molecule has 0 aromatic carbocycles. The summed E-state index contributed by atoms with van der Waals surface area (Å²) in [6, 6.07) is 0.744. The molecule has 0 aliphatic carbocycles. The van der Waals surface area contributed by atoms with E-state index in [4.69, 9.17) is 14.2 Å². The summed E-state index contributed by atoms with van der Waals surface area (Å²) in [7, 11) is 1.28. The minimum atomic E-state index is -0.873. The first-order chi connectivity index (χ1) is 17.7. The Morgan fingerprint density at radius 1 is 0.846 bits per heavy atom. The van der Waals surface area contributed by atoms with Gasteiger partial charge in [-0.05, 0) is 75.2 Å². The van der Waals surface area contributed by atoms with Crippen LogP contribution in [0.3, 0.4) is 0 Å². The zero-order valence-corrected chi connectivity index (χ0v) is 24.7. The lowest BCUT2D eigenvalue weighted by Gasteiger charge is -2.34. The van der Waals surface area contributed by atoms with Gasteiger partial charge in [0.15, 0.2) is 0 Å². The zero-order valence-electron chi connectivity index (χ0n) is 24.7. The summed E-state index contributed by atoms with van der Waals surface area (Å²) in [4.78, 5) is 65.7. The molecule has 0 spiro atoms. The number of piperidine rings is 1. The van der Waals surface area contributed by atoms with E-state index in [0.29, 0.717) is 25.9 Å². The lowest BCUT2D eigenvalue weighted by atomic mass is 10.0. The fourth-order valence-electron chi connectivity index (χ4n) is 3.83. The third-order valence-corrected chi connectivity index (χ3v) is 5.40. The number of pyridine rings is 1. The predicted molar refractivity (Wildman–Crippen MR) is 143 cm³/mol. The van der Waals surface area contributed by atoms with Gasteiger partial charge in [-0.3, -0.25) is 14.6 Å². The first kappa shape index (κ1) is 31.6. The van der Waals surface area contributed by atoms with Crippen molar-refractivity contribution >= 4 is 24.1 Å². The number of amides is 3. The summed E-state index contributed by atoms with van der Waals surface area (Å²) in [6.07, 6.45) is 0.908. The molecule has 218 valence electrons. The molecule has 0 bridgehead atoms. The van der Waals surface area contributed by atoms with Gasteiger partial charge in [0.25, 0.3) is 11.5 Å². The summed E-state index contributed by atoms with van der Waals surface area (Å²) in [6.45, 7) is 16.2. The molecular weight excluding hydrogens is 508 g/mol. The lowest BCUT2D eigenvalue weighted by Crippen LogP contribution is -2.46. The standard InChI is InChI=1S/C27H42N4O8/c1-25(2,3)37-22(34)19-16-31(17-11-13-30(14-12-17)24(36)39-27(7,8)9)20(32)15-18(19)21(33)29(10)28-23(35)38-26(4,5)6/h15-17H,11-14H2,1-10H3,(H,28,35). The summed E-state index contributed by atoms with van der Waals surface area (Å²) >= 11 is 0. The van der Waals surface area contributed by atoms with E-state index in [9.17, 15) is 24.0 Å². The van der Waals surface area contributed by atoms with Gasteiger partial charge in [0, 0.05) is 38.4 Å². The largest absolute Gasteiger partial charge is 0.456 e. The molecule has 1 aliphatic heterocycles. The molecule has 39 heavy (non-hydrogen) atoms. The number of aromatic nitrogens is 1. The van der Waals surface area contributed by atoms with Gasteiger partial charge < -0.3 is 23.7 Å². The summed E-state index contributed by atoms with van der Waals surface area (Å²) in [5.74, 6) is -1.60. The maximum Gasteiger partial charge on any atom is 0.426 e. The Kier molecular flexibility index (Phi) is 9.47. The quantitative estimate of drug-likeness (QED) is 0.340. The molecule has 1 aliphatic rings. The van der Waals surface area contributed by atoms with E-state index in [1.807, 2.05) is 0 Å². The van der Waals surface area contributed by atoms with Crippen LogP contribution in [-0.2, 0) is 14.2 Å². The van der Waals surface area contributed by atoms with E-state index in [0.717, 1.165) is 11.1 Å². The smallest absolute Gasteiger partial charge is 0.426 e. The van der Waals surface area contributed by atoms with E-state index in [1.165, 1.54) is 17.8 Å². The second-order valence-corrected chi connectivity index (χ2v) is 12.5. The first-order valence-corrected chi connectivity index (χ1v) is 12.9. The molecule has 0 saturated carbocycles. The number of ether oxygens (including phenoxy) is 3. The van der Waals surface area contributed by atoms with E-state index in [-0.39, 0.29) is 17.2 Å². The van der Waals surface area contributed by atoms with Gasteiger partial charge in [-0.1, -0.05) is 0 Å². The number of carbonyl (C=O) groups excluding carboxylic acids is 4. The average Bonchev–Trinajstić information content (AvgIpc) is 2.74. The number of carbonyl (C=O) groups is 4. The molecule has 0 atom stereocenters. The Bertz CT molecular complexity index is 1150. The van der Waals surface area contributed by atoms with Gasteiger partial charge in [0.2, 0.25) is 0 Å². The first-order valence-electron chi connectivity index (χ1n) is 12.9. The van der Waals surface area contributed by atoms with Crippen LogP contribution in [0.5, 0.6) is 0 Å². The maximum absolute atomic E-state index is 13.3. The Morgan fingerprint density at radius 3 is 1.85 bits per heavy atom. The number of hydrogen-bond donors (Lipinski definition) is 1. The molecule has 2 heterocycles. The van der Waals surface area contributed by atoms with Crippen LogP contribution in [0.25, 0.3) is 0 Å². The SMILES string of the molecule is CN(NC(=O)OC(C)(C)C)C(=O)c1cc(=O)n(C2CCN(C(=O)OC(C)(C)C)CC2)cc1C(=O)OC(C)(C)C. The third-order valence-electron chi connectivity index (χ3n) is 5.40. The molecule has 1 aromatic heterocycles. The fourth-order valence-corrected chi connectivity index (χ4v) is 3.83. The lowest BCUT2D eigenvalue weighted by molar-refractivity contribution is 0.00652. The number of nitrogens with one attached hydrogen (secondary N) is 1. The number of esters is 1. The van der Waals surface area contributed by atoms with Crippen molar-refractivity contribution < 1.29 is 33.4 Å². The van der Waals surface area contributed by atoms with Gasteiger partial charge in [-0.2, -0.15) is 0 Å². The van der Waals surface area contributed by atoms with Crippen LogP contribution >= 0.6 is 0 Å². The number of nitrogens with zero attached hydrogens (tertiary/aromatic N) is 3. The normalized spacial score (nSPS) is 14.9. The Hall–Kier alpha value is -3.57. The van der Waals surface area contributed by atoms with Crippen molar-refractivity contribution in [1.29, 1.82) is 0 Å². The average molecular weight is 551 g/mol. The van der Waals surface area contributed by atoms with Crippen molar-refractivity contribution in [2.75, 3.05) is 20.1 Å². The van der Waals surface area contributed by atoms with E-state index in [2.05, 4.69) is 5.43 Å². The van der Waals surface area contributed by atoms with Crippen LogP contribution in [-0.4, -0.2) is 75.5 Å². The molecule has 12 nitrogen and oxygen atoms in total. The van der Waals surface area contributed by atoms with Gasteiger partial charge >= 0.3 is 18.2 Å². The van der Waals surface area contributed by atoms with Crippen molar-refractivity contribution in [2.24, 2.45) is 0 Å². The molecule has 1 fully saturated rings. The molecule has 1 aromatic rings. The summed E-state index contributed by atoms with van der Waals surface area (Å²) < 4.78 is 17.5. The molecule has 0 radical (unpaired) electrons. The van der Waals surface area contributed by atoms with E-state index in [1.54, 1.807) is 67.2 Å². The Morgan fingerprint density at radius 2 is 1.36 bits per heavy atom. The Balaban J connectivity index is 2.35. The van der Waals surface area contributed by atoms with Crippen LogP contribution in [0, 0.1) is 0 Å². The van der Waals surface area contributed by atoms with Crippen molar-refractivity contribution in [1.82, 2.24) is 19.9 Å². The van der Waals surface area contributed by atoms with Crippen LogP contribution in [0.2, 0.25) is 0 Å². The van der Waals surface area contributed by atoms with Crippen molar-refractivity contribution in [3.05, 3.63) is 33.7 Å². The third kappa shape index (κ3) is 9.60. The fraction of sp³-hybridized carbons (Fsp3) is 0.667. The van der Waals surface area contributed by atoms with Gasteiger partial charge in [0.05, 0.1) is 11.1 Å². The highest BCUT2D eigenvalue weighted by molar-refractivity contribution is 6.05. The van der Waals surface area contributed by atoms with Crippen molar-refractivity contribution in [3.63, 3.8) is 0 Å². The van der Waals surface area contributed by atoms with Crippen LogP contribution in [0.1, 0.15) is 102 Å². The molecular formula is C27H42N4O8. The maximum atomic E-state index is 13.3. The summed E-state index contributed by atoms with van der Waals surface area (Å²) in [5.41, 5.74) is -0.851. The molecule has 12 heteroatoms.